The van der Waals surface area contributed by atoms with Crippen LogP contribution in [0.3, 0.4) is 0 Å². The van der Waals surface area contributed by atoms with Gasteiger partial charge in [-0.25, -0.2) is 0 Å². The lowest BCUT2D eigenvalue weighted by Crippen LogP contribution is -2.35. The Morgan fingerprint density at radius 3 is 2.13 bits per heavy atom. The van der Waals surface area contributed by atoms with Crippen LogP contribution in [-0.2, 0) is 0 Å². The Morgan fingerprint density at radius 1 is 1.27 bits per heavy atom. The van der Waals surface area contributed by atoms with Crippen molar-refractivity contribution in [3.63, 3.8) is 0 Å². The van der Waals surface area contributed by atoms with E-state index in [0.29, 0.717) is 5.56 Å². The van der Waals surface area contributed by atoms with Crippen molar-refractivity contribution in [2.45, 2.75) is 0 Å². The first kappa shape index (κ1) is 14.4. The molecule has 1 aromatic carbocycles. The van der Waals surface area contributed by atoms with Crippen LogP contribution in [0.2, 0.25) is 0 Å². The third-order valence-corrected chi connectivity index (χ3v) is 2.29. The third-order valence-electron chi connectivity index (χ3n) is 1.37. The number of benzene rings is 1. The Labute approximate surface area is 110 Å². The van der Waals surface area contributed by atoms with Gasteiger partial charge in [-0.15, -0.1) is 12.4 Å². The maximum Gasteiger partial charge on any atom is 0.258 e. The monoisotopic (exact) mass is 355 g/mol. The highest BCUT2D eigenvalue weighted by Crippen LogP contribution is 2.19. The molecule has 0 radical (unpaired) electrons. The average Bonchev–Trinajstić information content (AvgIpc) is 2.00. The van der Waals surface area contributed by atoms with Gasteiger partial charge in [-0.2, -0.15) is 0 Å². The Balaban J connectivity index is 0.00000196. The molecule has 4 nitrogen and oxygen atoms in total. The van der Waals surface area contributed by atoms with E-state index in [1.54, 1.807) is 12.1 Å². The second kappa shape index (κ2) is 6.09. The minimum atomic E-state index is -0.403. The smallest absolute Gasteiger partial charge is 0.258 e. The second-order valence-corrected chi connectivity index (χ2v) is 4.36. The fourth-order valence-electron chi connectivity index (χ4n) is 0.879. The molecule has 0 aliphatic carbocycles. The lowest BCUT2D eigenvalue weighted by Gasteiger charge is -2.03. The van der Waals surface area contributed by atoms with E-state index in [2.05, 4.69) is 37.2 Å². The number of carbonyl (C=O) groups is 1. The van der Waals surface area contributed by atoms with Crippen LogP contribution < -0.4 is 11.1 Å². The Kier molecular flexibility index (Phi) is 5.85. The molecule has 0 aliphatic rings. The Bertz CT molecular complexity index is 377. The number of hydrogen-bond donors (Lipinski definition) is 3. The molecule has 0 saturated heterocycles. The van der Waals surface area contributed by atoms with Crippen LogP contribution in [0, 0.1) is 5.41 Å². The maximum absolute atomic E-state index is 11.4. The maximum atomic E-state index is 11.4. The van der Waals surface area contributed by atoms with Crippen molar-refractivity contribution in [3.8, 4) is 0 Å². The topological polar surface area (TPSA) is 79.0 Å². The lowest BCUT2D eigenvalue weighted by atomic mass is 10.2. The highest BCUT2D eigenvalue weighted by Gasteiger charge is 2.07. The first-order valence-electron chi connectivity index (χ1n) is 3.60. The van der Waals surface area contributed by atoms with E-state index < -0.39 is 5.91 Å². The third kappa shape index (κ3) is 4.63. The number of nitrogens with two attached hydrogens (primary N) is 1. The molecule has 4 N–H and O–H groups in total. The van der Waals surface area contributed by atoms with Gasteiger partial charge in [-0.1, -0.05) is 31.9 Å². The van der Waals surface area contributed by atoms with Crippen molar-refractivity contribution in [1.82, 2.24) is 5.32 Å². The van der Waals surface area contributed by atoms with Crippen LogP contribution >= 0.6 is 44.3 Å². The normalized spacial score (nSPS) is 8.93. The van der Waals surface area contributed by atoms with Crippen molar-refractivity contribution < 1.29 is 4.79 Å². The summed E-state index contributed by atoms with van der Waals surface area (Å²) in [6, 6.07) is 5.09. The molecule has 1 aromatic rings. The summed E-state index contributed by atoms with van der Waals surface area (Å²) in [4.78, 5) is 11.4. The zero-order chi connectivity index (χ0) is 10.7. The van der Waals surface area contributed by atoms with Crippen molar-refractivity contribution in [1.29, 1.82) is 5.41 Å². The van der Waals surface area contributed by atoms with Crippen LogP contribution in [0.5, 0.6) is 0 Å². The van der Waals surface area contributed by atoms with Gasteiger partial charge in [0.2, 0.25) is 0 Å². The van der Waals surface area contributed by atoms with Crippen molar-refractivity contribution >= 4 is 56.1 Å². The number of nitrogens with one attached hydrogen (secondary N) is 2. The fourth-order valence-corrected chi connectivity index (χ4v) is 2.17. The molecule has 0 saturated carbocycles. The molecule has 0 aliphatic heterocycles. The van der Waals surface area contributed by atoms with Gasteiger partial charge in [-0.3, -0.25) is 15.5 Å². The summed E-state index contributed by atoms with van der Waals surface area (Å²) < 4.78 is 1.56. The molecule has 15 heavy (non-hydrogen) atoms. The number of guanidine groups is 1. The van der Waals surface area contributed by atoms with Gasteiger partial charge in [0.05, 0.1) is 0 Å². The van der Waals surface area contributed by atoms with Gasteiger partial charge in [0.1, 0.15) is 0 Å². The number of amides is 1. The summed E-state index contributed by atoms with van der Waals surface area (Å²) in [7, 11) is 0. The van der Waals surface area contributed by atoms with Crippen LogP contribution in [0.1, 0.15) is 10.4 Å². The van der Waals surface area contributed by atoms with Crippen LogP contribution in [0.4, 0.5) is 0 Å². The van der Waals surface area contributed by atoms with E-state index in [1.165, 1.54) is 0 Å². The summed E-state index contributed by atoms with van der Waals surface area (Å²) >= 11 is 6.51. The SMILES string of the molecule is Cl.N=C(N)NC(=O)c1cc(Br)cc(Br)c1. The summed E-state index contributed by atoms with van der Waals surface area (Å²) in [5.74, 6) is -0.773. The van der Waals surface area contributed by atoms with Gasteiger partial charge in [-0.05, 0) is 18.2 Å². The summed E-state index contributed by atoms with van der Waals surface area (Å²) in [5.41, 5.74) is 5.47. The molecule has 0 fully saturated rings. The molecule has 0 heterocycles. The first-order valence-corrected chi connectivity index (χ1v) is 5.19. The van der Waals surface area contributed by atoms with Crippen LogP contribution in [0.15, 0.2) is 27.1 Å². The fraction of sp³-hybridized carbons (Fsp3) is 0. The van der Waals surface area contributed by atoms with Gasteiger partial charge in [0, 0.05) is 14.5 Å². The average molecular weight is 357 g/mol. The quantitative estimate of drug-likeness (QED) is 0.532. The zero-order valence-electron chi connectivity index (χ0n) is 7.38. The minimum absolute atomic E-state index is 0. The molecule has 7 heteroatoms. The highest BCUT2D eigenvalue weighted by atomic mass is 79.9. The molecule has 0 atom stereocenters. The molecule has 0 bridgehead atoms. The molecule has 0 spiro atoms. The zero-order valence-corrected chi connectivity index (χ0v) is 11.4. The van der Waals surface area contributed by atoms with Crippen molar-refractivity contribution in [3.05, 3.63) is 32.7 Å². The lowest BCUT2D eigenvalue weighted by molar-refractivity contribution is 0.0976. The summed E-state index contributed by atoms with van der Waals surface area (Å²) in [6.07, 6.45) is 0. The first-order chi connectivity index (χ1) is 6.49. The predicted molar refractivity (Wildman–Crippen MR) is 68.5 cm³/mol. The number of hydrogen-bond acceptors (Lipinski definition) is 2. The molecule has 0 aromatic heterocycles. The summed E-state index contributed by atoms with van der Waals surface area (Å²) in [6.45, 7) is 0. The Hall–Kier alpha value is -0.590. The van der Waals surface area contributed by atoms with Crippen molar-refractivity contribution in [2.75, 3.05) is 0 Å². The second-order valence-electron chi connectivity index (χ2n) is 2.53. The van der Waals surface area contributed by atoms with E-state index in [9.17, 15) is 4.79 Å². The minimum Gasteiger partial charge on any atom is -0.370 e. The van der Waals surface area contributed by atoms with E-state index in [-0.39, 0.29) is 18.4 Å². The molecular formula is C8H8Br2ClN3O. The number of rotatable bonds is 1. The molecular weight excluding hydrogens is 349 g/mol. The van der Waals surface area contributed by atoms with Gasteiger partial charge in [0.15, 0.2) is 5.96 Å². The number of halogens is 3. The van der Waals surface area contributed by atoms with E-state index in [4.69, 9.17) is 11.1 Å². The van der Waals surface area contributed by atoms with E-state index in [0.717, 1.165) is 8.95 Å². The highest BCUT2D eigenvalue weighted by molar-refractivity contribution is 9.11. The Morgan fingerprint density at radius 2 is 1.73 bits per heavy atom. The van der Waals surface area contributed by atoms with Gasteiger partial charge >= 0.3 is 0 Å². The standard InChI is InChI=1S/C8H7Br2N3O.ClH/c9-5-1-4(2-6(10)3-5)7(14)13-8(11)12;/h1-3H,(H4,11,12,13,14);1H. The largest absolute Gasteiger partial charge is 0.370 e. The van der Waals surface area contributed by atoms with Crippen LogP contribution in [0.25, 0.3) is 0 Å². The van der Waals surface area contributed by atoms with Gasteiger partial charge in [0.25, 0.3) is 5.91 Å². The summed E-state index contributed by atoms with van der Waals surface area (Å²) in [5, 5.41) is 9.10. The number of carbonyl (C=O) groups excluding carboxylic acids is 1. The molecule has 1 amide bonds. The van der Waals surface area contributed by atoms with Crippen molar-refractivity contribution in [2.24, 2.45) is 5.73 Å². The molecule has 0 unspecified atom stereocenters. The molecule has 82 valence electrons. The van der Waals surface area contributed by atoms with Gasteiger partial charge < -0.3 is 5.73 Å². The molecule has 1 rings (SSSR count). The van der Waals surface area contributed by atoms with Crippen LogP contribution in [-0.4, -0.2) is 11.9 Å². The van der Waals surface area contributed by atoms with E-state index >= 15 is 0 Å². The predicted octanol–water partition coefficient (Wildman–Crippen LogP) is 2.26. The van der Waals surface area contributed by atoms with E-state index in [1.807, 2.05) is 6.07 Å².